The Morgan fingerprint density at radius 3 is 2.81 bits per heavy atom. The number of anilines is 1. The topological polar surface area (TPSA) is 49.0 Å². The van der Waals surface area contributed by atoms with Gasteiger partial charge in [-0.2, -0.15) is 0 Å². The number of nitrogens with one attached hydrogen (secondary N) is 1. The molecular weight excluding hydrogens is 354 g/mol. The molecule has 0 bridgehead atoms. The monoisotopic (exact) mass is 373 g/mol. The maximum Gasteiger partial charge on any atom is 0.270 e. The Labute approximate surface area is 161 Å². The molecule has 0 saturated carbocycles. The van der Waals surface area contributed by atoms with Crippen LogP contribution in [0.5, 0.6) is 0 Å². The Hall–Kier alpha value is -2.92. The molecule has 1 aliphatic rings. The zero-order valence-electron chi connectivity index (χ0n) is 15.0. The number of aryl methyl sites for hydroxylation is 1. The Bertz CT molecular complexity index is 1210. The normalized spacial score (nSPS) is 13.7. The van der Waals surface area contributed by atoms with E-state index in [4.69, 9.17) is 4.98 Å². The molecule has 5 rings (SSSR count). The van der Waals surface area contributed by atoms with Gasteiger partial charge in [-0.1, -0.05) is 54.1 Å². The Morgan fingerprint density at radius 2 is 1.96 bits per heavy atom. The third-order valence-corrected chi connectivity index (χ3v) is 6.14. The predicted molar refractivity (Wildman–Crippen MR) is 112 cm³/mol. The van der Waals surface area contributed by atoms with Crippen molar-refractivity contribution in [2.75, 3.05) is 11.4 Å². The molecule has 0 saturated heterocycles. The van der Waals surface area contributed by atoms with Crippen molar-refractivity contribution in [1.29, 1.82) is 0 Å². The quantitative estimate of drug-likeness (QED) is 0.562. The van der Waals surface area contributed by atoms with E-state index in [2.05, 4.69) is 59.3 Å². The molecule has 0 atom stereocenters. The van der Waals surface area contributed by atoms with Crippen molar-refractivity contribution in [3.05, 3.63) is 81.0 Å². The van der Waals surface area contributed by atoms with E-state index in [1.165, 1.54) is 28.0 Å². The van der Waals surface area contributed by atoms with E-state index in [1.807, 2.05) is 11.4 Å². The molecule has 2 aromatic heterocycles. The van der Waals surface area contributed by atoms with Crippen LogP contribution in [0.2, 0.25) is 0 Å². The summed E-state index contributed by atoms with van der Waals surface area (Å²) in [6, 6.07) is 16.8. The molecule has 4 nitrogen and oxygen atoms in total. The SMILES string of the molecule is Cc1cccc(-c2csc3c(=O)[nH]c(N4CCc5ccccc5C4)nc23)c1. The number of H-pyrrole nitrogens is 1. The average molecular weight is 373 g/mol. The summed E-state index contributed by atoms with van der Waals surface area (Å²) >= 11 is 1.46. The minimum atomic E-state index is -0.0576. The highest BCUT2D eigenvalue weighted by Crippen LogP contribution is 2.32. The van der Waals surface area contributed by atoms with Crippen LogP contribution in [0.25, 0.3) is 21.3 Å². The second-order valence-electron chi connectivity index (χ2n) is 7.03. The van der Waals surface area contributed by atoms with Crippen LogP contribution in [0.3, 0.4) is 0 Å². The molecule has 0 spiro atoms. The third kappa shape index (κ3) is 2.84. The van der Waals surface area contributed by atoms with E-state index in [0.29, 0.717) is 10.6 Å². The van der Waals surface area contributed by atoms with E-state index < -0.39 is 0 Å². The van der Waals surface area contributed by atoms with Crippen LogP contribution in [0.4, 0.5) is 5.95 Å². The first-order valence-electron chi connectivity index (χ1n) is 9.09. The molecule has 0 fully saturated rings. The summed E-state index contributed by atoms with van der Waals surface area (Å²) in [6.45, 7) is 3.71. The molecule has 1 N–H and O–H groups in total. The fourth-order valence-corrected chi connectivity index (χ4v) is 4.67. The largest absolute Gasteiger partial charge is 0.338 e. The van der Waals surface area contributed by atoms with Crippen LogP contribution in [-0.4, -0.2) is 16.5 Å². The molecule has 3 heterocycles. The van der Waals surface area contributed by atoms with E-state index in [-0.39, 0.29) is 5.56 Å². The zero-order valence-corrected chi connectivity index (χ0v) is 15.8. The number of rotatable bonds is 2. The highest BCUT2D eigenvalue weighted by atomic mass is 32.1. The molecule has 1 aliphatic heterocycles. The molecular formula is C22H19N3OS. The van der Waals surface area contributed by atoms with Crippen molar-refractivity contribution in [2.24, 2.45) is 0 Å². The summed E-state index contributed by atoms with van der Waals surface area (Å²) in [5, 5.41) is 2.04. The van der Waals surface area contributed by atoms with Gasteiger partial charge in [-0.25, -0.2) is 4.98 Å². The van der Waals surface area contributed by atoms with Crippen LogP contribution in [0.15, 0.2) is 58.7 Å². The Morgan fingerprint density at radius 1 is 1.11 bits per heavy atom. The van der Waals surface area contributed by atoms with Crippen molar-refractivity contribution in [3.63, 3.8) is 0 Å². The summed E-state index contributed by atoms with van der Waals surface area (Å²) in [7, 11) is 0. The minimum absolute atomic E-state index is 0.0576. The molecule has 134 valence electrons. The summed E-state index contributed by atoms with van der Waals surface area (Å²) in [5.41, 5.74) is 6.76. The number of nitrogens with zero attached hydrogens (tertiary/aromatic N) is 2. The molecule has 2 aromatic carbocycles. The summed E-state index contributed by atoms with van der Waals surface area (Å²) < 4.78 is 0.688. The van der Waals surface area contributed by atoms with Gasteiger partial charge in [0.05, 0.1) is 5.52 Å². The third-order valence-electron chi connectivity index (χ3n) is 5.17. The van der Waals surface area contributed by atoms with Gasteiger partial charge in [-0.05, 0) is 30.0 Å². The fraction of sp³-hybridized carbons (Fsp3) is 0.182. The molecule has 5 heteroatoms. The number of hydrogen-bond acceptors (Lipinski definition) is 4. The average Bonchev–Trinajstić information content (AvgIpc) is 3.12. The zero-order chi connectivity index (χ0) is 18.4. The summed E-state index contributed by atoms with van der Waals surface area (Å²) in [6.07, 6.45) is 0.965. The molecule has 0 amide bonds. The molecule has 0 unspecified atom stereocenters. The molecule has 4 aromatic rings. The lowest BCUT2D eigenvalue weighted by Gasteiger charge is -2.29. The maximum atomic E-state index is 12.7. The molecule has 0 radical (unpaired) electrons. The van der Waals surface area contributed by atoms with Gasteiger partial charge in [0.1, 0.15) is 4.70 Å². The van der Waals surface area contributed by atoms with Gasteiger partial charge in [0, 0.05) is 24.0 Å². The first-order chi connectivity index (χ1) is 13.2. The van der Waals surface area contributed by atoms with Gasteiger partial charge in [-0.15, -0.1) is 11.3 Å². The second kappa shape index (κ2) is 6.35. The fourth-order valence-electron chi connectivity index (χ4n) is 3.76. The smallest absolute Gasteiger partial charge is 0.270 e. The van der Waals surface area contributed by atoms with Crippen LogP contribution < -0.4 is 10.5 Å². The Kier molecular flexibility index (Phi) is 3.83. The number of benzene rings is 2. The van der Waals surface area contributed by atoms with E-state index in [0.717, 1.165) is 36.2 Å². The highest BCUT2D eigenvalue weighted by molar-refractivity contribution is 7.17. The van der Waals surface area contributed by atoms with Gasteiger partial charge in [0.25, 0.3) is 5.56 Å². The van der Waals surface area contributed by atoms with Gasteiger partial charge >= 0.3 is 0 Å². The van der Waals surface area contributed by atoms with Gasteiger partial charge in [-0.3, -0.25) is 9.78 Å². The first kappa shape index (κ1) is 16.3. The first-order valence-corrected chi connectivity index (χ1v) is 9.97. The number of thiophene rings is 1. The van der Waals surface area contributed by atoms with Crippen LogP contribution >= 0.6 is 11.3 Å². The van der Waals surface area contributed by atoms with Gasteiger partial charge in [0.15, 0.2) is 0 Å². The van der Waals surface area contributed by atoms with Crippen molar-refractivity contribution in [3.8, 4) is 11.1 Å². The second-order valence-corrected chi connectivity index (χ2v) is 7.91. The van der Waals surface area contributed by atoms with Crippen molar-refractivity contribution in [1.82, 2.24) is 9.97 Å². The summed E-state index contributed by atoms with van der Waals surface area (Å²) in [5.74, 6) is 0.661. The van der Waals surface area contributed by atoms with Crippen molar-refractivity contribution in [2.45, 2.75) is 19.9 Å². The Balaban J connectivity index is 1.61. The lowest BCUT2D eigenvalue weighted by molar-refractivity contribution is 0.708. The van der Waals surface area contributed by atoms with E-state index in [9.17, 15) is 4.79 Å². The number of hydrogen-bond donors (Lipinski definition) is 1. The maximum absolute atomic E-state index is 12.7. The van der Waals surface area contributed by atoms with Crippen LogP contribution in [0.1, 0.15) is 16.7 Å². The lowest BCUT2D eigenvalue weighted by atomic mass is 10.0. The number of aromatic amines is 1. The van der Waals surface area contributed by atoms with Gasteiger partial charge in [0.2, 0.25) is 5.95 Å². The molecule has 0 aliphatic carbocycles. The van der Waals surface area contributed by atoms with Crippen molar-refractivity contribution < 1.29 is 0 Å². The highest BCUT2D eigenvalue weighted by Gasteiger charge is 2.20. The van der Waals surface area contributed by atoms with E-state index in [1.54, 1.807) is 0 Å². The van der Waals surface area contributed by atoms with Crippen LogP contribution in [0, 0.1) is 6.92 Å². The lowest BCUT2D eigenvalue weighted by Crippen LogP contribution is -2.33. The minimum Gasteiger partial charge on any atom is -0.338 e. The van der Waals surface area contributed by atoms with Crippen molar-refractivity contribution >= 4 is 27.5 Å². The summed E-state index contributed by atoms with van der Waals surface area (Å²) in [4.78, 5) is 22.7. The number of aromatic nitrogens is 2. The molecule has 27 heavy (non-hydrogen) atoms. The standard InChI is InChI=1S/C22H19N3OS/c1-14-5-4-8-16(11-14)18-13-27-20-19(18)23-22(24-21(20)26)25-10-9-15-6-2-3-7-17(15)12-25/h2-8,11,13H,9-10,12H2,1H3,(H,23,24,26). The van der Waals surface area contributed by atoms with Gasteiger partial charge < -0.3 is 4.90 Å². The predicted octanol–water partition coefficient (Wildman–Crippen LogP) is 4.52. The van der Waals surface area contributed by atoms with Crippen LogP contribution in [-0.2, 0) is 13.0 Å². The number of fused-ring (bicyclic) bond motifs is 2. The van der Waals surface area contributed by atoms with E-state index >= 15 is 0 Å².